The molecule has 0 heterocycles. The summed E-state index contributed by atoms with van der Waals surface area (Å²) in [5, 5.41) is 0. The van der Waals surface area contributed by atoms with Gasteiger partial charge in [-0.25, -0.2) is 0 Å². The molecule has 2 aromatic rings. The molecule has 0 spiro atoms. The Kier molecular flexibility index (Phi) is 11.6. The summed E-state index contributed by atoms with van der Waals surface area (Å²) < 4.78 is 24.3. The summed E-state index contributed by atoms with van der Waals surface area (Å²) >= 11 is -4.65. The van der Waals surface area contributed by atoms with Crippen molar-refractivity contribution in [2.45, 2.75) is 73.7 Å². The second kappa shape index (κ2) is 13.7. The van der Waals surface area contributed by atoms with Gasteiger partial charge in [0.05, 0.1) is 0 Å². The van der Waals surface area contributed by atoms with Crippen molar-refractivity contribution < 1.29 is 25.2 Å². The maximum atomic E-state index is 13.2. The third-order valence-corrected chi connectivity index (χ3v) is 13.9. The molecule has 37 heavy (non-hydrogen) atoms. The zero-order chi connectivity index (χ0) is 27.7. The van der Waals surface area contributed by atoms with Gasteiger partial charge in [0.25, 0.3) is 0 Å². The van der Waals surface area contributed by atoms with Gasteiger partial charge in [0, 0.05) is 0 Å². The van der Waals surface area contributed by atoms with Crippen molar-refractivity contribution in [3.8, 4) is 0 Å². The van der Waals surface area contributed by atoms with E-state index in [1.54, 1.807) is 0 Å². The van der Waals surface area contributed by atoms with Crippen molar-refractivity contribution in [2.75, 3.05) is 13.2 Å². The first-order chi connectivity index (χ1) is 17.2. The molecule has 0 aliphatic heterocycles. The summed E-state index contributed by atoms with van der Waals surface area (Å²) in [5.41, 5.74) is 13.2. The van der Waals surface area contributed by atoms with Crippen LogP contribution >= 0.6 is 0 Å². The fourth-order valence-corrected chi connectivity index (χ4v) is 12.5. The average molecular weight is 621 g/mol. The number of benzene rings is 2. The summed E-state index contributed by atoms with van der Waals surface area (Å²) in [6.45, 7) is 11.2. The Labute approximate surface area is 226 Å². The minimum absolute atomic E-state index is 0.0200. The molecule has 2 rings (SSSR count). The van der Waals surface area contributed by atoms with Crippen LogP contribution in [-0.2, 0) is 34.1 Å². The Morgan fingerprint density at radius 2 is 1.00 bits per heavy atom. The molecule has 0 aromatic heterocycles. The molecule has 2 unspecified atom stereocenters. The molecule has 4 N–H and O–H groups in total. The molecule has 8 nitrogen and oxygen atoms in total. The van der Waals surface area contributed by atoms with Gasteiger partial charge in [-0.3, -0.25) is 0 Å². The number of hydrogen-bond donors (Lipinski definition) is 2. The van der Waals surface area contributed by atoms with Gasteiger partial charge in [-0.1, -0.05) is 0 Å². The number of nitrogens with two attached hydrogens (primary N) is 2. The Morgan fingerprint density at radius 3 is 1.30 bits per heavy atom. The normalized spacial score (nSPS) is 14.1. The topological polar surface area (TPSA) is 123 Å². The van der Waals surface area contributed by atoms with E-state index in [-0.39, 0.29) is 13.2 Å². The first-order valence-electron chi connectivity index (χ1n) is 12.5. The van der Waals surface area contributed by atoms with E-state index in [4.69, 9.17) is 27.1 Å². The monoisotopic (exact) mass is 622 g/mol. The minimum atomic E-state index is -4.65. The standard InChI is InChI=1S/2C7H15NO3.2C7H7.Sn/c2*1-7(2,3)11-4-5(8)6(9)10;2*1-7-5-3-2-4-6-7;/h2*5H,4,8H2,1-3H3,(H,9,10);2*2-6H,1H2;/q;;;;+2/p-2. The molecule has 0 radical (unpaired) electrons. The first-order valence-corrected chi connectivity index (χ1v) is 18.9. The Bertz CT molecular complexity index is 908. The van der Waals surface area contributed by atoms with Gasteiger partial charge in [-0.15, -0.1) is 0 Å². The molecule has 0 bridgehead atoms. The summed E-state index contributed by atoms with van der Waals surface area (Å²) in [7, 11) is 0. The fourth-order valence-electron chi connectivity index (χ4n) is 3.38. The van der Waals surface area contributed by atoms with Crippen LogP contribution in [0.5, 0.6) is 0 Å². The fraction of sp³-hybridized carbons (Fsp3) is 0.500. The first kappa shape index (κ1) is 31.2. The van der Waals surface area contributed by atoms with E-state index in [0.29, 0.717) is 8.87 Å². The van der Waals surface area contributed by atoms with Gasteiger partial charge in [0.15, 0.2) is 0 Å². The predicted octanol–water partition coefficient (Wildman–Crippen LogP) is 3.36. The van der Waals surface area contributed by atoms with Crippen LogP contribution in [0.3, 0.4) is 0 Å². The van der Waals surface area contributed by atoms with Crippen molar-refractivity contribution in [2.24, 2.45) is 11.5 Å². The van der Waals surface area contributed by atoms with Crippen LogP contribution in [-0.4, -0.2) is 67.6 Å². The predicted molar refractivity (Wildman–Crippen MR) is 146 cm³/mol. The van der Waals surface area contributed by atoms with Gasteiger partial charge in [0.1, 0.15) is 0 Å². The quantitative estimate of drug-likeness (QED) is 0.346. The van der Waals surface area contributed by atoms with Crippen molar-refractivity contribution in [3.63, 3.8) is 0 Å². The molecule has 204 valence electrons. The Hall–Kier alpha value is -1.98. The van der Waals surface area contributed by atoms with Crippen LogP contribution in [0.25, 0.3) is 0 Å². The molecular formula is C28H42N2O6Sn. The maximum absolute atomic E-state index is 13.2. The molecule has 0 aliphatic carbocycles. The number of carbonyl (C=O) groups is 2. The van der Waals surface area contributed by atoms with E-state index in [0.717, 1.165) is 11.1 Å². The van der Waals surface area contributed by atoms with E-state index in [9.17, 15) is 9.59 Å². The van der Waals surface area contributed by atoms with Gasteiger partial charge in [-0.05, 0) is 0 Å². The molecule has 0 aliphatic rings. The van der Waals surface area contributed by atoms with E-state index in [2.05, 4.69) is 0 Å². The second-order valence-electron chi connectivity index (χ2n) is 11.1. The van der Waals surface area contributed by atoms with Crippen molar-refractivity contribution in [3.05, 3.63) is 71.8 Å². The third kappa shape index (κ3) is 12.0. The number of rotatable bonds is 12. The summed E-state index contributed by atoms with van der Waals surface area (Å²) in [5.74, 6) is -1.31. The molecule has 2 aromatic carbocycles. The van der Waals surface area contributed by atoms with Crippen LogP contribution < -0.4 is 11.5 Å². The van der Waals surface area contributed by atoms with Crippen molar-refractivity contribution in [1.82, 2.24) is 0 Å². The summed E-state index contributed by atoms with van der Waals surface area (Å²) in [4.78, 5) is 26.5. The number of hydrogen-bond acceptors (Lipinski definition) is 8. The van der Waals surface area contributed by atoms with Gasteiger partial charge < -0.3 is 0 Å². The molecular weight excluding hydrogens is 579 g/mol. The van der Waals surface area contributed by atoms with Crippen LogP contribution in [0.1, 0.15) is 52.7 Å². The summed E-state index contributed by atoms with van der Waals surface area (Å²) in [6.07, 6.45) is 0. The van der Waals surface area contributed by atoms with E-state index in [1.165, 1.54) is 0 Å². The Balaban J connectivity index is 2.39. The Morgan fingerprint density at radius 1 is 0.676 bits per heavy atom. The molecule has 0 amide bonds. The van der Waals surface area contributed by atoms with E-state index >= 15 is 0 Å². The van der Waals surface area contributed by atoms with Crippen LogP contribution in [0, 0.1) is 0 Å². The van der Waals surface area contributed by atoms with Crippen molar-refractivity contribution >= 4 is 31.1 Å². The van der Waals surface area contributed by atoms with E-state index in [1.807, 2.05) is 102 Å². The zero-order valence-corrected chi connectivity index (χ0v) is 25.7. The molecule has 0 saturated carbocycles. The van der Waals surface area contributed by atoms with Crippen LogP contribution in [0.4, 0.5) is 0 Å². The van der Waals surface area contributed by atoms with Gasteiger partial charge >= 0.3 is 227 Å². The second-order valence-corrected chi connectivity index (χ2v) is 19.5. The summed E-state index contributed by atoms with van der Waals surface area (Å²) in [6, 6.07) is 17.0. The van der Waals surface area contributed by atoms with Gasteiger partial charge in [0.2, 0.25) is 0 Å². The molecule has 2 atom stereocenters. The number of ether oxygens (including phenoxy) is 2. The SMILES string of the molecule is CC(C)(C)OCC(N)C(=O)[O][Sn]([CH2]c1ccccc1)([CH2]c1ccccc1)[O]C(=O)C(N)COC(C)(C)C. The molecule has 9 heteroatoms. The molecule has 0 saturated heterocycles. The van der Waals surface area contributed by atoms with E-state index < -0.39 is 54.4 Å². The van der Waals surface area contributed by atoms with Crippen molar-refractivity contribution in [1.29, 1.82) is 0 Å². The molecule has 0 fully saturated rings. The third-order valence-electron chi connectivity index (χ3n) is 5.20. The van der Waals surface area contributed by atoms with Crippen LogP contribution in [0.2, 0.25) is 0 Å². The average Bonchev–Trinajstić information content (AvgIpc) is 2.81. The zero-order valence-electron chi connectivity index (χ0n) is 22.9. The van der Waals surface area contributed by atoms with Gasteiger partial charge in [-0.2, -0.15) is 0 Å². The number of carbonyl (C=O) groups excluding carboxylic acids is 2. The van der Waals surface area contributed by atoms with Crippen LogP contribution in [0.15, 0.2) is 60.7 Å².